The van der Waals surface area contributed by atoms with E-state index < -0.39 is 0 Å². The highest BCUT2D eigenvalue weighted by molar-refractivity contribution is 6.10. The van der Waals surface area contributed by atoms with Crippen LogP contribution in [-0.4, -0.2) is 15.8 Å². The first kappa shape index (κ1) is 12.5. The van der Waals surface area contributed by atoms with Gasteiger partial charge in [0.1, 0.15) is 0 Å². The molecule has 0 saturated carbocycles. The van der Waals surface area contributed by atoms with Gasteiger partial charge in [-0.3, -0.25) is 14.8 Å². The Labute approximate surface area is 117 Å². The molecule has 0 spiro atoms. The number of pyridine rings is 2. The van der Waals surface area contributed by atoms with Crippen LogP contribution in [0.15, 0.2) is 55.0 Å². The second-order valence-corrected chi connectivity index (χ2v) is 4.63. The molecule has 0 bridgehead atoms. The third kappa shape index (κ3) is 2.18. The molecular weight excluding hydrogens is 248 g/mol. The molecule has 0 radical (unpaired) electrons. The first-order chi connectivity index (χ1) is 9.79. The summed E-state index contributed by atoms with van der Waals surface area (Å²) in [5.74, 6) is 0.00232. The van der Waals surface area contributed by atoms with Crippen LogP contribution in [0, 0.1) is 0 Å². The average molecular weight is 262 g/mol. The number of fused-ring (bicyclic) bond motifs is 1. The Balaban J connectivity index is 2.08. The fourth-order valence-electron chi connectivity index (χ4n) is 2.28. The topological polar surface area (TPSA) is 42.9 Å². The maximum absolute atomic E-state index is 12.6. The minimum Gasteiger partial charge on any atom is -0.289 e. The van der Waals surface area contributed by atoms with Crippen molar-refractivity contribution in [2.24, 2.45) is 0 Å². The number of para-hydroxylation sites is 1. The molecule has 0 unspecified atom stereocenters. The lowest BCUT2D eigenvalue weighted by Crippen LogP contribution is -2.06. The smallest absolute Gasteiger partial charge is 0.194 e. The van der Waals surface area contributed by atoms with Gasteiger partial charge in [0.15, 0.2) is 5.78 Å². The number of carbonyl (C=O) groups excluding carboxylic acids is 1. The summed E-state index contributed by atoms with van der Waals surface area (Å²) in [6.45, 7) is 2.02. The van der Waals surface area contributed by atoms with Crippen LogP contribution in [0.25, 0.3) is 10.9 Å². The molecule has 2 aromatic heterocycles. The highest BCUT2D eigenvalue weighted by Gasteiger charge is 2.13. The summed E-state index contributed by atoms with van der Waals surface area (Å²) in [5, 5.41) is 0.977. The van der Waals surface area contributed by atoms with E-state index in [-0.39, 0.29) is 5.78 Å². The second-order valence-electron chi connectivity index (χ2n) is 4.63. The van der Waals surface area contributed by atoms with Gasteiger partial charge >= 0.3 is 0 Å². The summed E-state index contributed by atoms with van der Waals surface area (Å²) in [5.41, 5.74) is 3.18. The summed E-state index contributed by atoms with van der Waals surface area (Å²) in [4.78, 5) is 21.0. The molecule has 3 rings (SSSR count). The lowest BCUT2D eigenvalue weighted by molar-refractivity contribution is 0.103. The molecule has 0 aliphatic rings. The number of benzene rings is 1. The Morgan fingerprint density at radius 3 is 2.85 bits per heavy atom. The standard InChI is InChI=1S/C17H14N2O/c1-2-12-10-18-8-7-15(12)17(20)14-9-13-5-3-4-6-16(13)19-11-14/h3-11H,2H2,1H3. The number of aryl methyl sites for hydroxylation is 1. The van der Waals surface area contributed by atoms with E-state index in [9.17, 15) is 4.79 Å². The Bertz CT molecular complexity index is 781. The van der Waals surface area contributed by atoms with Gasteiger partial charge in [-0.25, -0.2) is 0 Å². The zero-order chi connectivity index (χ0) is 13.9. The molecule has 3 nitrogen and oxygen atoms in total. The summed E-state index contributed by atoms with van der Waals surface area (Å²) >= 11 is 0. The van der Waals surface area contributed by atoms with Crippen molar-refractivity contribution in [3.05, 3.63) is 71.7 Å². The molecule has 0 aliphatic carbocycles. The van der Waals surface area contributed by atoms with Crippen molar-refractivity contribution in [2.75, 3.05) is 0 Å². The van der Waals surface area contributed by atoms with Crippen LogP contribution < -0.4 is 0 Å². The van der Waals surface area contributed by atoms with Gasteiger partial charge in [-0.1, -0.05) is 25.1 Å². The molecule has 98 valence electrons. The number of ketones is 1. The van der Waals surface area contributed by atoms with Crippen LogP contribution in [0.4, 0.5) is 0 Å². The van der Waals surface area contributed by atoms with E-state index in [1.54, 1.807) is 24.7 Å². The summed E-state index contributed by atoms with van der Waals surface area (Å²) in [6, 6.07) is 11.5. The molecule has 0 N–H and O–H groups in total. The number of hydrogen-bond acceptors (Lipinski definition) is 3. The number of rotatable bonds is 3. The van der Waals surface area contributed by atoms with Gasteiger partial charge in [-0.15, -0.1) is 0 Å². The van der Waals surface area contributed by atoms with Crippen LogP contribution >= 0.6 is 0 Å². The van der Waals surface area contributed by atoms with Crippen molar-refractivity contribution in [2.45, 2.75) is 13.3 Å². The van der Waals surface area contributed by atoms with Crippen LogP contribution in [0.2, 0.25) is 0 Å². The zero-order valence-corrected chi connectivity index (χ0v) is 11.2. The summed E-state index contributed by atoms with van der Waals surface area (Å²) < 4.78 is 0. The quantitative estimate of drug-likeness (QED) is 0.679. The monoisotopic (exact) mass is 262 g/mol. The van der Waals surface area contributed by atoms with E-state index >= 15 is 0 Å². The Morgan fingerprint density at radius 1 is 1.15 bits per heavy atom. The van der Waals surface area contributed by atoms with Crippen LogP contribution in [0.3, 0.4) is 0 Å². The molecule has 0 fully saturated rings. The van der Waals surface area contributed by atoms with Gasteiger partial charge in [0.05, 0.1) is 5.52 Å². The molecule has 1 aromatic carbocycles. The van der Waals surface area contributed by atoms with Gasteiger partial charge in [0.2, 0.25) is 0 Å². The first-order valence-corrected chi connectivity index (χ1v) is 6.62. The Kier molecular flexibility index (Phi) is 3.25. The van der Waals surface area contributed by atoms with Gasteiger partial charge < -0.3 is 0 Å². The Hall–Kier alpha value is -2.55. The molecule has 3 aromatic rings. The van der Waals surface area contributed by atoms with Gasteiger partial charge in [0.25, 0.3) is 0 Å². The maximum atomic E-state index is 12.6. The van der Waals surface area contributed by atoms with E-state index in [1.807, 2.05) is 37.3 Å². The molecular formula is C17H14N2O. The normalized spacial score (nSPS) is 10.7. The predicted octanol–water partition coefficient (Wildman–Crippen LogP) is 3.42. The molecule has 20 heavy (non-hydrogen) atoms. The first-order valence-electron chi connectivity index (χ1n) is 6.62. The SMILES string of the molecule is CCc1cnccc1C(=O)c1cnc2ccccc2c1. The van der Waals surface area contributed by atoms with Crippen molar-refractivity contribution in [3.63, 3.8) is 0 Å². The van der Waals surface area contributed by atoms with Gasteiger partial charge in [0, 0.05) is 35.1 Å². The predicted molar refractivity (Wildman–Crippen MR) is 78.8 cm³/mol. The van der Waals surface area contributed by atoms with Crippen molar-refractivity contribution >= 4 is 16.7 Å². The lowest BCUT2D eigenvalue weighted by atomic mass is 9.99. The number of carbonyl (C=O) groups is 1. The van der Waals surface area contributed by atoms with Gasteiger partial charge in [-0.2, -0.15) is 0 Å². The van der Waals surface area contributed by atoms with Crippen molar-refractivity contribution in [3.8, 4) is 0 Å². The van der Waals surface area contributed by atoms with Crippen molar-refractivity contribution < 1.29 is 4.79 Å². The van der Waals surface area contributed by atoms with E-state index in [1.165, 1.54) is 0 Å². The van der Waals surface area contributed by atoms with Crippen molar-refractivity contribution in [1.29, 1.82) is 0 Å². The lowest BCUT2D eigenvalue weighted by Gasteiger charge is -2.06. The zero-order valence-electron chi connectivity index (χ0n) is 11.2. The second kappa shape index (κ2) is 5.21. The highest BCUT2D eigenvalue weighted by atomic mass is 16.1. The highest BCUT2D eigenvalue weighted by Crippen LogP contribution is 2.17. The minimum absolute atomic E-state index is 0.00232. The van der Waals surface area contributed by atoms with E-state index in [0.29, 0.717) is 11.1 Å². The van der Waals surface area contributed by atoms with E-state index in [0.717, 1.165) is 22.9 Å². The minimum atomic E-state index is 0.00232. The molecule has 0 atom stereocenters. The molecule has 0 saturated heterocycles. The number of aromatic nitrogens is 2. The summed E-state index contributed by atoms with van der Waals surface area (Å²) in [6.07, 6.45) is 5.84. The van der Waals surface area contributed by atoms with Crippen LogP contribution in [0.5, 0.6) is 0 Å². The molecule has 0 aliphatic heterocycles. The van der Waals surface area contributed by atoms with E-state index in [2.05, 4.69) is 9.97 Å². The summed E-state index contributed by atoms with van der Waals surface area (Å²) in [7, 11) is 0. The third-order valence-electron chi connectivity index (χ3n) is 3.38. The molecule has 2 heterocycles. The Morgan fingerprint density at radius 2 is 2.00 bits per heavy atom. The fraction of sp³-hybridized carbons (Fsp3) is 0.118. The molecule has 3 heteroatoms. The number of nitrogens with zero attached hydrogens (tertiary/aromatic N) is 2. The van der Waals surface area contributed by atoms with Crippen molar-refractivity contribution in [1.82, 2.24) is 9.97 Å². The fourth-order valence-corrected chi connectivity index (χ4v) is 2.28. The van der Waals surface area contributed by atoms with E-state index in [4.69, 9.17) is 0 Å². The van der Waals surface area contributed by atoms with Crippen LogP contribution in [0.1, 0.15) is 28.4 Å². The average Bonchev–Trinajstić information content (AvgIpc) is 2.53. The number of hydrogen-bond donors (Lipinski definition) is 0. The maximum Gasteiger partial charge on any atom is 0.194 e. The van der Waals surface area contributed by atoms with Crippen LogP contribution in [-0.2, 0) is 6.42 Å². The largest absolute Gasteiger partial charge is 0.289 e. The molecule has 0 amide bonds. The third-order valence-corrected chi connectivity index (χ3v) is 3.38. The van der Waals surface area contributed by atoms with Gasteiger partial charge in [-0.05, 0) is 30.2 Å².